The van der Waals surface area contributed by atoms with Gasteiger partial charge >= 0.3 is 12.4 Å². The molecule has 2 heterocycles. The second kappa shape index (κ2) is 15.9. The molecule has 2 atom stereocenters. The van der Waals surface area contributed by atoms with Gasteiger partial charge < -0.3 is 20.8 Å². The highest BCUT2D eigenvalue weighted by Crippen LogP contribution is 2.35. The maximum atomic E-state index is 13.3. The predicted octanol–water partition coefficient (Wildman–Crippen LogP) is 6.91. The van der Waals surface area contributed by atoms with E-state index in [0.717, 1.165) is 24.3 Å². The van der Waals surface area contributed by atoms with Crippen LogP contribution in [0.1, 0.15) is 36.1 Å². The molecule has 0 aliphatic heterocycles. The molecule has 20 heteroatoms. The van der Waals surface area contributed by atoms with Gasteiger partial charge in [-0.15, -0.1) is 0 Å². The first-order valence-electron chi connectivity index (χ1n) is 16.5. The number of hydrogen-bond donors (Lipinski definition) is 4. The number of nitriles is 2. The zero-order valence-corrected chi connectivity index (χ0v) is 29.9. The minimum Gasteiger partial charge on any atom is -0.378 e. The molecular formula is C38H28F8N8O4. The zero-order chi connectivity index (χ0) is 42.8. The van der Waals surface area contributed by atoms with E-state index in [-0.39, 0.29) is 24.5 Å². The highest BCUT2D eigenvalue weighted by Gasteiger charge is 2.37. The molecule has 0 aliphatic carbocycles. The number of fused-ring (bicyclic) bond motifs is 2. The number of anilines is 2. The van der Waals surface area contributed by atoms with Crippen LogP contribution >= 0.6 is 0 Å². The van der Waals surface area contributed by atoms with Gasteiger partial charge in [0.25, 0.3) is 11.8 Å². The zero-order valence-electron chi connectivity index (χ0n) is 29.9. The summed E-state index contributed by atoms with van der Waals surface area (Å²) in [7, 11) is 0. The number of aromatic nitrogens is 4. The third kappa shape index (κ3) is 9.72. The molecule has 2 aromatic heterocycles. The molecule has 0 spiro atoms. The van der Waals surface area contributed by atoms with E-state index in [0.29, 0.717) is 33.9 Å². The Kier molecular flexibility index (Phi) is 11.6. The normalized spacial score (nSPS) is 13.7. The van der Waals surface area contributed by atoms with Crippen molar-refractivity contribution in [3.8, 4) is 12.1 Å². The van der Waals surface area contributed by atoms with Crippen molar-refractivity contribution in [2.75, 3.05) is 10.6 Å². The maximum Gasteiger partial charge on any atom is 0.417 e. The highest BCUT2D eigenvalue weighted by molar-refractivity contribution is 5.97. The number of carbonyl (C=O) groups excluding carboxylic acids is 2. The van der Waals surface area contributed by atoms with Crippen molar-refractivity contribution in [2.24, 2.45) is 0 Å². The van der Waals surface area contributed by atoms with Crippen molar-refractivity contribution >= 4 is 45.0 Å². The number of aliphatic hydroxyl groups is 2. The van der Waals surface area contributed by atoms with Gasteiger partial charge in [-0.3, -0.25) is 19.0 Å². The molecule has 0 saturated heterocycles. The van der Waals surface area contributed by atoms with Crippen LogP contribution in [0.15, 0.2) is 85.2 Å². The van der Waals surface area contributed by atoms with Crippen LogP contribution in [-0.4, -0.2) is 52.8 Å². The van der Waals surface area contributed by atoms with Gasteiger partial charge in [0.05, 0.1) is 64.7 Å². The molecule has 0 bridgehead atoms. The summed E-state index contributed by atoms with van der Waals surface area (Å²) in [5.41, 5.74) is -7.18. The maximum absolute atomic E-state index is 13.3. The van der Waals surface area contributed by atoms with Gasteiger partial charge in [0.1, 0.15) is 11.6 Å². The highest BCUT2D eigenvalue weighted by atomic mass is 19.4. The molecule has 0 fully saturated rings. The molecule has 6 rings (SSSR count). The van der Waals surface area contributed by atoms with Crippen molar-refractivity contribution in [1.29, 1.82) is 10.5 Å². The minimum absolute atomic E-state index is 0.228. The first-order valence-corrected chi connectivity index (χ1v) is 16.5. The predicted molar refractivity (Wildman–Crippen MR) is 190 cm³/mol. The number of hydrogen-bond acceptors (Lipinski definition) is 8. The number of alkyl halides is 6. The van der Waals surface area contributed by atoms with Gasteiger partial charge in [-0.2, -0.15) is 47.1 Å². The molecule has 0 unspecified atom stereocenters. The molecule has 4 aromatic carbocycles. The first-order chi connectivity index (χ1) is 27.0. The Bertz CT molecular complexity index is 2610. The van der Waals surface area contributed by atoms with Crippen LogP contribution in [0.5, 0.6) is 0 Å². The van der Waals surface area contributed by atoms with E-state index >= 15 is 0 Å². The number of rotatable bonds is 8. The lowest BCUT2D eigenvalue weighted by molar-refractivity contribution is -0.138. The molecule has 58 heavy (non-hydrogen) atoms. The average Bonchev–Trinajstić information content (AvgIpc) is 3.72. The summed E-state index contributed by atoms with van der Waals surface area (Å²) in [5, 5.41) is 52.1. The molecule has 12 nitrogen and oxygen atoms in total. The Morgan fingerprint density at radius 2 is 1.19 bits per heavy atom. The van der Waals surface area contributed by atoms with Gasteiger partial charge in [-0.25, -0.2) is 8.78 Å². The summed E-state index contributed by atoms with van der Waals surface area (Å²) < 4.78 is 107. The molecule has 0 aliphatic rings. The molecule has 2 amide bonds. The summed E-state index contributed by atoms with van der Waals surface area (Å²) in [6.45, 7) is 1.70. The number of nitrogens with zero attached hydrogens (tertiary/aromatic N) is 6. The summed E-state index contributed by atoms with van der Waals surface area (Å²) >= 11 is 0. The monoisotopic (exact) mass is 812 g/mol. The lowest BCUT2D eigenvalue weighted by Crippen LogP contribution is -2.44. The molecule has 0 saturated carbocycles. The van der Waals surface area contributed by atoms with E-state index in [9.17, 15) is 54.9 Å². The number of nitrogens with one attached hydrogen (secondary N) is 2. The molecule has 6 aromatic rings. The average molecular weight is 813 g/mol. The molecular weight excluding hydrogens is 784 g/mol. The smallest absolute Gasteiger partial charge is 0.378 e. The number of carbonyl (C=O) groups is 2. The van der Waals surface area contributed by atoms with E-state index in [1.54, 1.807) is 0 Å². The van der Waals surface area contributed by atoms with Crippen LogP contribution in [0.2, 0.25) is 0 Å². The SMILES string of the molecule is C[C@](O)(Cn1cc2cc(F)ccc2n1)C(=O)Nc1ccc(C#N)c(C(F)(F)F)c1.C[C@](O)(Cn1ncc2cc(F)ccc21)C(=O)Nc1ccc(C#N)c(C(F)(F)F)c1. The van der Waals surface area contributed by atoms with Gasteiger partial charge in [0.15, 0.2) is 11.2 Å². The third-order valence-electron chi connectivity index (χ3n) is 8.43. The lowest BCUT2D eigenvalue weighted by atomic mass is 10.0. The largest absolute Gasteiger partial charge is 0.417 e. The van der Waals surface area contributed by atoms with E-state index < -0.39 is 69.3 Å². The van der Waals surface area contributed by atoms with Gasteiger partial charge in [0.2, 0.25) is 0 Å². The Balaban J connectivity index is 0.000000221. The summed E-state index contributed by atoms with van der Waals surface area (Å²) in [4.78, 5) is 24.9. The van der Waals surface area contributed by atoms with E-state index in [1.807, 2.05) is 0 Å². The van der Waals surface area contributed by atoms with Gasteiger partial charge in [-0.1, -0.05) is 0 Å². The summed E-state index contributed by atoms with van der Waals surface area (Å²) in [5.74, 6) is -2.88. The van der Waals surface area contributed by atoms with Crippen LogP contribution in [0, 0.1) is 34.3 Å². The van der Waals surface area contributed by atoms with Crippen molar-refractivity contribution in [3.05, 3.63) is 119 Å². The van der Waals surface area contributed by atoms with Crippen molar-refractivity contribution < 1.29 is 54.9 Å². The topological polar surface area (TPSA) is 182 Å². The molecule has 4 N–H and O–H groups in total. The van der Waals surface area contributed by atoms with E-state index in [2.05, 4.69) is 20.8 Å². The van der Waals surface area contributed by atoms with Gasteiger partial charge in [0, 0.05) is 28.3 Å². The van der Waals surface area contributed by atoms with Crippen LogP contribution in [0.3, 0.4) is 0 Å². The Hall–Kier alpha value is -6.90. The second-order valence-electron chi connectivity index (χ2n) is 13.2. The van der Waals surface area contributed by atoms with Gasteiger partial charge in [-0.05, 0) is 86.6 Å². The second-order valence-corrected chi connectivity index (χ2v) is 13.2. The number of benzene rings is 4. The Morgan fingerprint density at radius 1 is 0.707 bits per heavy atom. The number of halogens is 8. The third-order valence-corrected chi connectivity index (χ3v) is 8.43. The fourth-order valence-electron chi connectivity index (χ4n) is 5.50. The van der Waals surface area contributed by atoms with Crippen molar-refractivity contribution in [2.45, 2.75) is 50.5 Å². The molecule has 0 radical (unpaired) electrons. The van der Waals surface area contributed by atoms with E-state index in [1.165, 1.54) is 84.1 Å². The first kappa shape index (κ1) is 42.2. The van der Waals surface area contributed by atoms with E-state index in [4.69, 9.17) is 10.5 Å². The number of amides is 2. The van der Waals surface area contributed by atoms with Crippen LogP contribution < -0.4 is 10.6 Å². The quantitative estimate of drug-likeness (QED) is 0.120. The Labute approximate surface area is 322 Å². The lowest BCUT2D eigenvalue weighted by Gasteiger charge is -2.23. The van der Waals surface area contributed by atoms with Crippen molar-refractivity contribution in [1.82, 2.24) is 19.6 Å². The van der Waals surface area contributed by atoms with Crippen molar-refractivity contribution in [3.63, 3.8) is 0 Å². The van der Waals surface area contributed by atoms with Crippen LogP contribution in [-0.2, 0) is 35.0 Å². The summed E-state index contributed by atoms with van der Waals surface area (Å²) in [6, 6.07) is 16.0. The summed E-state index contributed by atoms with van der Waals surface area (Å²) in [6.07, 6.45) is -6.76. The fourth-order valence-corrected chi connectivity index (χ4v) is 5.50. The standard InChI is InChI=1S/2C19H14F4N4O2/c1-18(29,10-27-9-12-6-13(20)3-5-16(12)26-27)17(28)25-14-4-2-11(8-24)15(7-14)19(21,22)23;1-18(29,10-27-16-5-3-13(20)6-12(16)9-25-27)17(28)26-14-4-2-11(8-24)15(7-14)19(21,22)23/h2-7,9,29H,10H2,1H3,(H,25,28);2-7,9,29H,10H2,1H3,(H,26,28)/t2*18-/m00/s1. The Morgan fingerprint density at radius 3 is 1.69 bits per heavy atom. The molecule has 300 valence electrons. The van der Waals surface area contributed by atoms with Crippen LogP contribution in [0.25, 0.3) is 21.8 Å². The fraction of sp³-hybridized carbons (Fsp3) is 0.211. The van der Waals surface area contributed by atoms with Crippen LogP contribution in [0.4, 0.5) is 46.5 Å². The minimum atomic E-state index is -4.78.